The average molecular weight is 153 g/mol. The quantitative estimate of drug-likeness (QED) is 0.651. The lowest BCUT2D eigenvalue weighted by Crippen LogP contribution is -2.13. The number of hydrogen-bond acceptors (Lipinski definition) is 4. The molecule has 0 fully saturated rings. The van der Waals surface area contributed by atoms with E-state index in [1.807, 2.05) is 14.1 Å². The van der Waals surface area contributed by atoms with Crippen LogP contribution in [-0.2, 0) is 6.61 Å². The molecule has 0 radical (unpaired) electrons. The Hall–Kier alpha value is -1.16. The summed E-state index contributed by atoms with van der Waals surface area (Å²) in [4.78, 5) is 9.84. The zero-order valence-electron chi connectivity index (χ0n) is 6.65. The second-order valence-electron chi connectivity index (χ2n) is 2.40. The molecule has 0 aliphatic carbocycles. The molecule has 11 heavy (non-hydrogen) atoms. The van der Waals surface area contributed by atoms with Gasteiger partial charge in [-0.05, 0) is 6.07 Å². The lowest BCUT2D eigenvalue weighted by atomic mass is 10.4. The molecule has 4 nitrogen and oxygen atoms in total. The number of hydrogen-bond donors (Lipinski definition) is 1. The summed E-state index contributed by atoms with van der Waals surface area (Å²) in [5.74, 6) is 0.622. The first-order chi connectivity index (χ1) is 5.24. The second-order valence-corrected chi connectivity index (χ2v) is 2.40. The first kappa shape index (κ1) is 7.94. The van der Waals surface area contributed by atoms with Crippen LogP contribution in [0.4, 0.5) is 5.95 Å². The summed E-state index contributed by atoms with van der Waals surface area (Å²) in [5.41, 5.74) is 0.642. The molecule has 0 aliphatic rings. The van der Waals surface area contributed by atoms with Crippen LogP contribution < -0.4 is 4.90 Å². The van der Waals surface area contributed by atoms with Crippen LogP contribution in [0.1, 0.15) is 5.69 Å². The lowest BCUT2D eigenvalue weighted by molar-refractivity contribution is 0.276. The number of aromatic nitrogens is 2. The second kappa shape index (κ2) is 3.30. The van der Waals surface area contributed by atoms with E-state index in [0.29, 0.717) is 11.6 Å². The first-order valence-electron chi connectivity index (χ1n) is 3.34. The molecule has 60 valence electrons. The molecule has 0 aromatic carbocycles. The monoisotopic (exact) mass is 153 g/mol. The summed E-state index contributed by atoms with van der Waals surface area (Å²) >= 11 is 0. The Morgan fingerprint density at radius 3 is 2.82 bits per heavy atom. The predicted molar refractivity (Wildman–Crippen MR) is 42.3 cm³/mol. The van der Waals surface area contributed by atoms with Gasteiger partial charge >= 0.3 is 0 Å². The highest BCUT2D eigenvalue weighted by atomic mass is 16.3. The smallest absolute Gasteiger partial charge is 0.225 e. The van der Waals surface area contributed by atoms with Gasteiger partial charge in [-0.15, -0.1) is 0 Å². The van der Waals surface area contributed by atoms with Gasteiger partial charge in [-0.2, -0.15) is 0 Å². The number of anilines is 1. The van der Waals surface area contributed by atoms with Crippen molar-refractivity contribution in [3.63, 3.8) is 0 Å². The fourth-order valence-corrected chi connectivity index (χ4v) is 0.688. The third kappa shape index (κ3) is 1.88. The summed E-state index contributed by atoms with van der Waals surface area (Å²) in [6.07, 6.45) is 1.63. The lowest BCUT2D eigenvalue weighted by Gasteiger charge is -2.09. The molecule has 1 aromatic rings. The van der Waals surface area contributed by atoms with Crippen molar-refractivity contribution in [1.82, 2.24) is 9.97 Å². The van der Waals surface area contributed by atoms with Crippen LogP contribution in [0.2, 0.25) is 0 Å². The van der Waals surface area contributed by atoms with Crippen molar-refractivity contribution < 1.29 is 5.11 Å². The maximum Gasteiger partial charge on any atom is 0.225 e. The van der Waals surface area contributed by atoms with Crippen molar-refractivity contribution in [2.75, 3.05) is 19.0 Å². The molecule has 1 N–H and O–H groups in total. The topological polar surface area (TPSA) is 49.2 Å². The summed E-state index contributed by atoms with van der Waals surface area (Å²) in [5, 5.41) is 8.74. The van der Waals surface area contributed by atoms with Gasteiger partial charge in [0.05, 0.1) is 12.3 Å². The highest BCUT2D eigenvalue weighted by Crippen LogP contribution is 2.02. The fourth-order valence-electron chi connectivity index (χ4n) is 0.688. The van der Waals surface area contributed by atoms with E-state index >= 15 is 0 Å². The number of rotatable bonds is 2. The van der Waals surface area contributed by atoms with Crippen LogP contribution in [0.3, 0.4) is 0 Å². The predicted octanol–water partition coefficient (Wildman–Crippen LogP) is 0.0349. The SMILES string of the molecule is CN(C)c1nccc(CO)n1. The van der Waals surface area contributed by atoms with Crippen molar-refractivity contribution in [3.8, 4) is 0 Å². The molecule has 1 rings (SSSR count). The van der Waals surface area contributed by atoms with Gasteiger partial charge in [-0.3, -0.25) is 0 Å². The third-order valence-electron chi connectivity index (χ3n) is 1.26. The Morgan fingerprint density at radius 1 is 1.55 bits per heavy atom. The zero-order valence-corrected chi connectivity index (χ0v) is 6.65. The molecule has 0 amide bonds. The van der Waals surface area contributed by atoms with E-state index in [2.05, 4.69) is 9.97 Å². The van der Waals surface area contributed by atoms with Gasteiger partial charge in [-0.25, -0.2) is 9.97 Å². The van der Waals surface area contributed by atoms with Gasteiger partial charge in [0.1, 0.15) is 0 Å². The van der Waals surface area contributed by atoms with Crippen LogP contribution >= 0.6 is 0 Å². The average Bonchev–Trinajstić information content (AvgIpc) is 2.05. The molecule has 1 aromatic heterocycles. The molecule has 0 atom stereocenters. The van der Waals surface area contributed by atoms with Crippen molar-refractivity contribution in [2.45, 2.75) is 6.61 Å². The molecule has 0 saturated carbocycles. The van der Waals surface area contributed by atoms with Crippen LogP contribution in [-0.4, -0.2) is 29.2 Å². The molecule has 0 unspecified atom stereocenters. The highest BCUT2D eigenvalue weighted by Gasteiger charge is 1.98. The van der Waals surface area contributed by atoms with Crippen LogP contribution in [0.25, 0.3) is 0 Å². The number of aliphatic hydroxyl groups excluding tert-OH is 1. The standard InChI is InChI=1S/C7H11N3O/c1-10(2)7-8-4-3-6(5-11)9-7/h3-4,11H,5H2,1-2H3. The van der Waals surface area contributed by atoms with Gasteiger partial charge in [0, 0.05) is 20.3 Å². The van der Waals surface area contributed by atoms with Crippen molar-refractivity contribution >= 4 is 5.95 Å². The summed E-state index contributed by atoms with van der Waals surface area (Å²) < 4.78 is 0. The maximum absolute atomic E-state index is 8.74. The van der Waals surface area contributed by atoms with Crippen molar-refractivity contribution in [3.05, 3.63) is 18.0 Å². The minimum absolute atomic E-state index is 0.0383. The van der Waals surface area contributed by atoms with Gasteiger partial charge in [0.15, 0.2) is 0 Å². The van der Waals surface area contributed by atoms with Gasteiger partial charge in [0.25, 0.3) is 0 Å². The molecule has 4 heteroatoms. The summed E-state index contributed by atoms with van der Waals surface area (Å²) in [7, 11) is 3.72. The summed E-state index contributed by atoms with van der Waals surface area (Å²) in [6, 6.07) is 1.69. The molecule has 1 heterocycles. The first-order valence-corrected chi connectivity index (χ1v) is 3.34. The van der Waals surface area contributed by atoms with E-state index in [4.69, 9.17) is 5.11 Å². The maximum atomic E-state index is 8.74. The van der Waals surface area contributed by atoms with Gasteiger partial charge in [0.2, 0.25) is 5.95 Å². The molecule has 0 bridgehead atoms. The number of aliphatic hydroxyl groups is 1. The Bertz CT molecular complexity index is 237. The molecule has 0 spiro atoms. The molecule has 0 saturated heterocycles. The van der Waals surface area contributed by atoms with E-state index in [-0.39, 0.29) is 6.61 Å². The summed E-state index contributed by atoms with van der Waals surface area (Å²) in [6.45, 7) is -0.0383. The van der Waals surface area contributed by atoms with Gasteiger partial charge in [-0.1, -0.05) is 0 Å². The molecule has 0 aliphatic heterocycles. The molecular weight excluding hydrogens is 142 g/mol. The Morgan fingerprint density at radius 2 is 2.27 bits per heavy atom. The Labute approximate surface area is 65.5 Å². The minimum Gasteiger partial charge on any atom is -0.390 e. The van der Waals surface area contributed by atoms with Crippen LogP contribution in [0.5, 0.6) is 0 Å². The fraction of sp³-hybridized carbons (Fsp3) is 0.429. The third-order valence-corrected chi connectivity index (χ3v) is 1.26. The van der Waals surface area contributed by atoms with E-state index in [1.54, 1.807) is 17.2 Å². The minimum atomic E-state index is -0.0383. The largest absolute Gasteiger partial charge is 0.390 e. The zero-order chi connectivity index (χ0) is 8.27. The number of nitrogens with zero attached hydrogens (tertiary/aromatic N) is 3. The molecular formula is C7H11N3O. The van der Waals surface area contributed by atoms with E-state index in [9.17, 15) is 0 Å². The van der Waals surface area contributed by atoms with E-state index in [0.717, 1.165) is 0 Å². The van der Waals surface area contributed by atoms with Crippen molar-refractivity contribution in [1.29, 1.82) is 0 Å². The Balaban J connectivity index is 2.91. The van der Waals surface area contributed by atoms with Crippen LogP contribution in [0.15, 0.2) is 12.3 Å². The van der Waals surface area contributed by atoms with Crippen molar-refractivity contribution in [2.24, 2.45) is 0 Å². The van der Waals surface area contributed by atoms with E-state index in [1.165, 1.54) is 0 Å². The Kier molecular flexibility index (Phi) is 2.38. The van der Waals surface area contributed by atoms with Crippen LogP contribution in [0, 0.1) is 0 Å². The highest BCUT2D eigenvalue weighted by molar-refractivity contribution is 5.26. The van der Waals surface area contributed by atoms with Gasteiger partial charge < -0.3 is 10.0 Å². The normalized spacial score (nSPS) is 9.73. The van der Waals surface area contributed by atoms with E-state index < -0.39 is 0 Å².